The van der Waals surface area contributed by atoms with E-state index in [4.69, 9.17) is 4.98 Å². The molecule has 1 aliphatic heterocycles. The van der Waals surface area contributed by atoms with Crippen molar-refractivity contribution in [2.75, 3.05) is 18.4 Å². The molecular formula is C28H28N6O2S. The lowest BCUT2D eigenvalue weighted by atomic mass is 9.65. The average Bonchev–Trinajstić information content (AvgIpc) is 3.64. The number of fused-ring (bicyclic) bond motifs is 1. The highest BCUT2D eigenvalue weighted by atomic mass is 32.1. The lowest BCUT2D eigenvalue weighted by molar-refractivity contribution is -0.125. The number of nitrogens with zero attached hydrogens (tertiary/aromatic N) is 5. The molecular weight excluding hydrogens is 484 g/mol. The molecule has 37 heavy (non-hydrogen) atoms. The van der Waals surface area contributed by atoms with Crippen molar-refractivity contribution in [1.29, 1.82) is 0 Å². The van der Waals surface area contributed by atoms with Gasteiger partial charge >= 0.3 is 0 Å². The van der Waals surface area contributed by atoms with Crippen LogP contribution in [0.1, 0.15) is 47.6 Å². The van der Waals surface area contributed by atoms with Gasteiger partial charge in [-0.15, -0.1) is 11.3 Å². The van der Waals surface area contributed by atoms with Gasteiger partial charge in [0.1, 0.15) is 0 Å². The van der Waals surface area contributed by atoms with Crippen molar-refractivity contribution in [3.05, 3.63) is 72.0 Å². The summed E-state index contributed by atoms with van der Waals surface area (Å²) in [4.78, 5) is 42.5. The van der Waals surface area contributed by atoms with Gasteiger partial charge in [-0.2, -0.15) is 0 Å². The minimum Gasteiger partial charge on any atom is -0.339 e. The van der Waals surface area contributed by atoms with Crippen LogP contribution >= 0.6 is 11.3 Å². The highest BCUT2D eigenvalue weighted by Gasteiger charge is 2.50. The highest BCUT2D eigenvalue weighted by molar-refractivity contribution is 7.17. The molecule has 8 nitrogen and oxygen atoms in total. The van der Waals surface area contributed by atoms with Crippen molar-refractivity contribution in [2.45, 2.75) is 38.6 Å². The number of aryl methyl sites for hydroxylation is 1. The molecule has 0 atom stereocenters. The summed E-state index contributed by atoms with van der Waals surface area (Å²) in [5.41, 5.74) is 3.69. The molecule has 0 bridgehead atoms. The van der Waals surface area contributed by atoms with Crippen LogP contribution in [-0.4, -0.2) is 49.3 Å². The second kappa shape index (κ2) is 9.23. The van der Waals surface area contributed by atoms with E-state index in [1.54, 1.807) is 12.4 Å². The van der Waals surface area contributed by atoms with Gasteiger partial charge in [-0.3, -0.25) is 19.9 Å². The SMILES string of the molecule is C=CC(=O)N1CCC2(CC(n3c(NC(=O)c4ccc(-c5cncc(CC)n5)s4)nc4ccccc43)C2)C1. The van der Waals surface area contributed by atoms with Gasteiger partial charge in [0.2, 0.25) is 11.9 Å². The van der Waals surface area contributed by atoms with Crippen molar-refractivity contribution in [3.63, 3.8) is 0 Å². The molecule has 1 aliphatic carbocycles. The maximum atomic E-state index is 13.3. The predicted octanol–water partition coefficient (Wildman–Crippen LogP) is 5.11. The van der Waals surface area contributed by atoms with Crippen molar-refractivity contribution in [2.24, 2.45) is 5.41 Å². The van der Waals surface area contributed by atoms with E-state index in [1.807, 2.05) is 48.2 Å². The van der Waals surface area contributed by atoms with Crippen LogP contribution in [0.3, 0.4) is 0 Å². The number of thiophene rings is 1. The summed E-state index contributed by atoms with van der Waals surface area (Å²) in [5, 5.41) is 3.08. The third-order valence-electron chi connectivity index (χ3n) is 7.58. The van der Waals surface area contributed by atoms with Gasteiger partial charge < -0.3 is 9.47 Å². The molecule has 1 saturated carbocycles. The number of imidazole rings is 1. The maximum absolute atomic E-state index is 13.3. The number of anilines is 1. The predicted molar refractivity (Wildman–Crippen MR) is 145 cm³/mol. The number of carbonyl (C=O) groups excluding carboxylic acids is 2. The molecule has 1 aromatic carbocycles. The van der Waals surface area contributed by atoms with E-state index in [0.29, 0.717) is 10.8 Å². The number of nitrogens with one attached hydrogen (secondary N) is 1. The third kappa shape index (κ3) is 4.23. The lowest BCUT2D eigenvalue weighted by Crippen LogP contribution is -2.42. The molecule has 0 radical (unpaired) electrons. The van der Waals surface area contributed by atoms with Crippen molar-refractivity contribution < 1.29 is 9.59 Å². The summed E-state index contributed by atoms with van der Waals surface area (Å²) in [6.45, 7) is 7.21. The Morgan fingerprint density at radius 1 is 1.19 bits per heavy atom. The van der Waals surface area contributed by atoms with E-state index >= 15 is 0 Å². The van der Waals surface area contributed by atoms with Crippen LogP contribution in [0.25, 0.3) is 21.6 Å². The minimum atomic E-state index is -0.190. The Morgan fingerprint density at radius 3 is 2.84 bits per heavy atom. The number of amides is 2. The Morgan fingerprint density at radius 2 is 2.03 bits per heavy atom. The molecule has 2 amide bonds. The Bertz CT molecular complexity index is 1520. The number of benzene rings is 1. The van der Waals surface area contributed by atoms with Crippen molar-refractivity contribution in [1.82, 2.24) is 24.4 Å². The summed E-state index contributed by atoms with van der Waals surface area (Å²) in [7, 11) is 0. The summed E-state index contributed by atoms with van der Waals surface area (Å²) >= 11 is 1.40. The second-order valence-electron chi connectivity index (χ2n) is 9.94. The number of hydrogen-bond acceptors (Lipinski definition) is 6. The second-order valence-corrected chi connectivity index (χ2v) is 11.0. The fourth-order valence-corrected chi connectivity index (χ4v) is 6.52. The number of rotatable bonds is 6. The molecule has 0 unspecified atom stereocenters. The quantitative estimate of drug-likeness (QED) is 0.363. The molecule has 3 aromatic heterocycles. The maximum Gasteiger partial charge on any atom is 0.268 e. The van der Waals surface area contributed by atoms with Gasteiger partial charge in [0, 0.05) is 25.3 Å². The van der Waals surface area contributed by atoms with Gasteiger partial charge in [0.05, 0.1) is 38.4 Å². The first-order chi connectivity index (χ1) is 18.0. The Balaban J connectivity index is 1.23. The van der Waals surface area contributed by atoms with E-state index in [0.717, 1.165) is 66.1 Å². The van der Waals surface area contributed by atoms with E-state index in [2.05, 4.69) is 26.4 Å². The van der Waals surface area contributed by atoms with E-state index in [1.165, 1.54) is 17.4 Å². The molecule has 4 heterocycles. The molecule has 6 rings (SSSR count). The van der Waals surface area contributed by atoms with Crippen molar-refractivity contribution in [3.8, 4) is 10.6 Å². The lowest BCUT2D eigenvalue weighted by Gasteiger charge is -2.46. The van der Waals surface area contributed by atoms with Crippen LogP contribution in [0.5, 0.6) is 0 Å². The van der Waals surface area contributed by atoms with Gasteiger partial charge in [-0.25, -0.2) is 9.97 Å². The molecule has 1 spiro atoms. The molecule has 1 saturated heterocycles. The Hall–Kier alpha value is -3.85. The first-order valence-corrected chi connectivity index (χ1v) is 13.4. The smallest absolute Gasteiger partial charge is 0.268 e. The fraction of sp³-hybridized carbons (Fsp3) is 0.321. The molecule has 188 valence electrons. The monoisotopic (exact) mass is 512 g/mol. The van der Waals surface area contributed by atoms with E-state index < -0.39 is 0 Å². The molecule has 4 aromatic rings. The molecule has 2 fully saturated rings. The Kier molecular flexibility index (Phi) is 5.87. The Labute approximate surface area is 219 Å². The minimum absolute atomic E-state index is 0.00378. The van der Waals surface area contributed by atoms with E-state index in [9.17, 15) is 9.59 Å². The standard InChI is InChI=1S/C28H28N6O2S/c1-3-18-15-29-16-21(30-18)23-9-10-24(37-23)26(36)32-27-31-20-7-5-6-8-22(20)34(27)19-13-28(14-19)11-12-33(17-28)25(35)4-2/h4-10,15-16,19H,2-3,11-14,17H2,1H3,(H,31,32,36). The number of hydrogen-bond donors (Lipinski definition) is 1. The van der Waals surface area contributed by atoms with E-state index in [-0.39, 0.29) is 23.3 Å². The molecule has 9 heteroatoms. The average molecular weight is 513 g/mol. The normalized spacial score (nSPS) is 20.8. The van der Waals surface area contributed by atoms with Crippen molar-refractivity contribution >= 4 is 40.1 Å². The van der Waals surface area contributed by atoms with Crippen LogP contribution in [0.2, 0.25) is 0 Å². The van der Waals surface area contributed by atoms with Gasteiger partial charge in [-0.05, 0) is 61.4 Å². The van der Waals surface area contributed by atoms with Gasteiger partial charge in [0.25, 0.3) is 5.91 Å². The summed E-state index contributed by atoms with van der Waals surface area (Å²) < 4.78 is 2.17. The van der Waals surface area contributed by atoms with Crippen LogP contribution in [-0.2, 0) is 11.2 Å². The fourth-order valence-electron chi connectivity index (χ4n) is 5.67. The number of aromatic nitrogens is 4. The number of carbonyl (C=O) groups is 2. The summed E-state index contributed by atoms with van der Waals surface area (Å²) in [6.07, 6.45) is 8.60. The van der Waals surface area contributed by atoms with Gasteiger partial charge in [-0.1, -0.05) is 25.6 Å². The first-order valence-electron chi connectivity index (χ1n) is 12.6. The molecule has 1 N–H and O–H groups in total. The zero-order chi connectivity index (χ0) is 25.6. The largest absolute Gasteiger partial charge is 0.339 e. The number of likely N-dealkylation sites (tertiary alicyclic amines) is 1. The third-order valence-corrected chi connectivity index (χ3v) is 8.68. The first kappa shape index (κ1) is 23.5. The van der Waals surface area contributed by atoms with Gasteiger partial charge in [0.15, 0.2) is 0 Å². The number of para-hydroxylation sites is 2. The zero-order valence-corrected chi connectivity index (χ0v) is 21.5. The molecule has 2 aliphatic rings. The zero-order valence-electron chi connectivity index (χ0n) is 20.7. The summed E-state index contributed by atoms with van der Waals surface area (Å²) in [6, 6.07) is 11.9. The summed E-state index contributed by atoms with van der Waals surface area (Å²) in [5.74, 6) is 0.375. The highest BCUT2D eigenvalue weighted by Crippen LogP contribution is 2.55. The van der Waals surface area contributed by atoms with Crippen LogP contribution < -0.4 is 5.32 Å². The topological polar surface area (TPSA) is 93.0 Å². The van der Waals surface area contributed by atoms with Crippen LogP contribution in [0.15, 0.2) is 61.4 Å². The van der Waals surface area contributed by atoms with Crippen LogP contribution in [0, 0.1) is 5.41 Å². The van der Waals surface area contributed by atoms with Crippen LogP contribution in [0.4, 0.5) is 5.95 Å².